The van der Waals surface area contributed by atoms with Crippen LogP contribution >= 0.6 is 22.9 Å². The van der Waals surface area contributed by atoms with E-state index in [1.165, 1.54) is 11.3 Å². The van der Waals surface area contributed by atoms with E-state index in [0.717, 1.165) is 28.5 Å². The van der Waals surface area contributed by atoms with E-state index in [-0.39, 0.29) is 5.78 Å². The van der Waals surface area contributed by atoms with Gasteiger partial charge in [0.05, 0.1) is 22.8 Å². The van der Waals surface area contributed by atoms with Gasteiger partial charge < -0.3 is 9.84 Å². The van der Waals surface area contributed by atoms with E-state index >= 15 is 0 Å². The van der Waals surface area contributed by atoms with Gasteiger partial charge in [-0.15, -0.1) is 11.3 Å². The van der Waals surface area contributed by atoms with Crippen LogP contribution in [0.5, 0.6) is 5.75 Å². The second-order valence-corrected chi connectivity index (χ2v) is 6.60. The number of aliphatic hydroxyl groups is 1. The first-order valence-corrected chi connectivity index (χ1v) is 7.98. The molecule has 3 rings (SSSR count). The van der Waals surface area contributed by atoms with E-state index in [2.05, 4.69) is 0 Å². The molecule has 1 heterocycles. The average molecular weight is 323 g/mol. The molecule has 1 aliphatic carbocycles. The van der Waals surface area contributed by atoms with Crippen molar-refractivity contribution in [3.05, 3.63) is 39.4 Å². The third-order valence-corrected chi connectivity index (χ3v) is 5.00. The standard InChI is InChI=1S/C16H15ClO3S/c1-20-14-6-10-7-16(21-15(10)8-11(14)17)13(19)5-4-12(18)9-2-3-9/h6-8,18H,2-5H2,1H3. The lowest BCUT2D eigenvalue weighted by atomic mass is 10.1. The summed E-state index contributed by atoms with van der Waals surface area (Å²) < 4.78 is 6.15. The normalized spacial score (nSPS) is 13.5. The van der Waals surface area contributed by atoms with Crippen LogP contribution in [-0.4, -0.2) is 18.0 Å². The van der Waals surface area contributed by atoms with Gasteiger partial charge in [0, 0.05) is 17.5 Å². The van der Waals surface area contributed by atoms with Gasteiger partial charge in [-0.1, -0.05) is 11.6 Å². The van der Waals surface area contributed by atoms with Gasteiger partial charge >= 0.3 is 0 Å². The summed E-state index contributed by atoms with van der Waals surface area (Å²) in [7, 11) is 1.57. The Hall–Kier alpha value is -1.52. The molecule has 0 spiro atoms. The highest BCUT2D eigenvalue weighted by Crippen LogP contribution is 2.36. The van der Waals surface area contributed by atoms with Crippen molar-refractivity contribution >= 4 is 38.8 Å². The van der Waals surface area contributed by atoms with Crippen LogP contribution in [0.1, 0.15) is 35.4 Å². The van der Waals surface area contributed by atoms with Crippen molar-refractivity contribution < 1.29 is 14.6 Å². The maximum atomic E-state index is 12.2. The zero-order valence-electron chi connectivity index (χ0n) is 11.6. The van der Waals surface area contributed by atoms with Crippen LogP contribution in [0.2, 0.25) is 5.02 Å². The topological polar surface area (TPSA) is 46.5 Å². The van der Waals surface area contributed by atoms with Crippen molar-refractivity contribution in [2.24, 2.45) is 0 Å². The molecule has 1 fully saturated rings. The number of methoxy groups -OCH3 is 1. The number of ether oxygens (including phenoxy) is 1. The van der Waals surface area contributed by atoms with Crippen LogP contribution in [0.4, 0.5) is 0 Å². The molecular weight excluding hydrogens is 308 g/mol. The lowest BCUT2D eigenvalue weighted by Crippen LogP contribution is -1.96. The van der Waals surface area contributed by atoms with Crippen molar-refractivity contribution in [1.29, 1.82) is 0 Å². The van der Waals surface area contributed by atoms with Crippen LogP contribution in [-0.2, 0) is 0 Å². The molecule has 0 aliphatic heterocycles. The number of carbonyl (C=O) groups is 1. The Morgan fingerprint density at radius 3 is 2.76 bits per heavy atom. The third kappa shape index (κ3) is 3.06. The molecule has 1 aliphatic rings. The second-order valence-electron chi connectivity index (χ2n) is 5.11. The Morgan fingerprint density at radius 1 is 1.33 bits per heavy atom. The van der Waals surface area contributed by atoms with Crippen molar-refractivity contribution in [2.45, 2.75) is 25.7 Å². The third-order valence-electron chi connectivity index (χ3n) is 3.56. The highest BCUT2D eigenvalue weighted by molar-refractivity contribution is 7.20. The van der Waals surface area contributed by atoms with E-state index in [0.29, 0.717) is 34.3 Å². The van der Waals surface area contributed by atoms with Crippen molar-refractivity contribution in [3.63, 3.8) is 0 Å². The second kappa shape index (κ2) is 5.70. The summed E-state index contributed by atoms with van der Waals surface area (Å²) in [5.41, 5.74) is 1.09. The number of Topliss-reactive ketones (excluding diaryl/α,β-unsaturated/α-hetero) is 1. The van der Waals surface area contributed by atoms with Gasteiger partial charge in [0.15, 0.2) is 5.78 Å². The molecular formula is C16H15ClO3S. The number of thiophene rings is 1. The maximum absolute atomic E-state index is 12.2. The quantitative estimate of drug-likeness (QED) is 0.613. The fourth-order valence-corrected chi connectivity index (χ4v) is 3.57. The summed E-state index contributed by atoms with van der Waals surface area (Å²) in [6.45, 7) is 0. The maximum Gasteiger partial charge on any atom is 0.173 e. The average Bonchev–Trinajstić information content (AvgIpc) is 3.24. The number of hydrogen-bond acceptors (Lipinski definition) is 4. The smallest absolute Gasteiger partial charge is 0.173 e. The van der Waals surface area contributed by atoms with Crippen LogP contribution in [0.25, 0.3) is 10.1 Å². The molecule has 1 N–H and O–H groups in total. The molecule has 1 aromatic carbocycles. The largest absolute Gasteiger partial charge is 0.512 e. The molecule has 0 amide bonds. The minimum Gasteiger partial charge on any atom is -0.512 e. The minimum atomic E-state index is 0.0547. The van der Waals surface area contributed by atoms with E-state index in [1.807, 2.05) is 18.2 Å². The van der Waals surface area contributed by atoms with Gasteiger partial charge in [-0.2, -0.15) is 0 Å². The lowest BCUT2D eigenvalue weighted by molar-refractivity contribution is 0.0982. The molecule has 0 atom stereocenters. The van der Waals surface area contributed by atoms with E-state index in [4.69, 9.17) is 16.3 Å². The highest BCUT2D eigenvalue weighted by atomic mass is 35.5. The van der Waals surface area contributed by atoms with Crippen LogP contribution in [0, 0.1) is 0 Å². The van der Waals surface area contributed by atoms with E-state index in [1.54, 1.807) is 7.11 Å². The first-order valence-electron chi connectivity index (χ1n) is 6.78. The van der Waals surface area contributed by atoms with Gasteiger partial charge in [0.2, 0.25) is 0 Å². The van der Waals surface area contributed by atoms with Gasteiger partial charge in [-0.05, 0) is 42.0 Å². The lowest BCUT2D eigenvalue weighted by Gasteiger charge is -2.01. The van der Waals surface area contributed by atoms with E-state index in [9.17, 15) is 9.90 Å². The molecule has 2 aromatic rings. The molecule has 0 radical (unpaired) electrons. The van der Waals surface area contributed by atoms with Crippen molar-refractivity contribution in [3.8, 4) is 5.75 Å². The summed E-state index contributed by atoms with van der Waals surface area (Å²) in [5.74, 6) is 1.06. The van der Waals surface area contributed by atoms with Crippen molar-refractivity contribution in [2.75, 3.05) is 7.11 Å². The Kier molecular flexibility index (Phi) is 3.91. The Balaban J connectivity index is 1.80. The highest BCUT2D eigenvalue weighted by Gasteiger charge is 2.19. The van der Waals surface area contributed by atoms with E-state index < -0.39 is 0 Å². The number of ketones is 1. The molecule has 0 unspecified atom stereocenters. The molecule has 0 saturated heterocycles. The Labute approximate surface area is 131 Å². The fourth-order valence-electron chi connectivity index (χ4n) is 2.22. The Bertz CT molecular complexity index is 739. The fraction of sp³-hybridized carbons (Fsp3) is 0.312. The summed E-state index contributed by atoms with van der Waals surface area (Å²) in [6, 6.07) is 5.53. The molecule has 21 heavy (non-hydrogen) atoms. The first-order chi connectivity index (χ1) is 10.1. The predicted octanol–water partition coefficient (Wildman–Crippen LogP) is 5.13. The SMILES string of the molecule is COc1cc2cc(C(=O)CCC(O)=C3CC3)sc2cc1Cl. The number of allylic oxidation sites excluding steroid dienone is 2. The zero-order chi connectivity index (χ0) is 15.0. The van der Waals surface area contributed by atoms with Crippen molar-refractivity contribution in [1.82, 2.24) is 0 Å². The molecule has 1 saturated carbocycles. The number of benzene rings is 1. The van der Waals surface area contributed by atoms with Crippen LogP contribution in [0.3, 0.4) is 0 Å². The minimum absolute atomic E-state index is 0.0547. The first kappa shape index (κ1) is 14.4. The monoisotopic (exact) mass is 322 g/mol. The number of fused-ring (bicyclic) bond motifs is 1. The molecule has 1 aromatic heterocycles. The number of carbonyl (C=O) groups excluding carboxylic acids is 1. The number of halogens is 1. The number of hydrogen-bond donors (Lipinski definition) is 1. The van der Waals surface area contributed by atoms with Gasteiger partial charge in [0.1, 0.15) is 5.75 Å². The number of rotatable bonds is 5. The van der Waals surface area contributed by atoms with Gasteiger partial charge in [-0.3, -0.25) is 4.79 Å². The van der Waals surface area contributed by atoms with Crippen LogP contribution < -0.4 is 4.74 Å². The number of aliphatic hydroxyl groups excluding tert-OH is 1. The predicted molar refractivity (Wildman–Crippen MR) is 85.8 cm³/mol. The Morgan fingerprint density at radius 2 is 2.10 bits per heavy atom. The summed E-state index contributed by atoms with van der Waals surface area (Å²) in [4.78, 5) is 12.9. The molecule has 110 valence electrons. The zero-order valence-corrected chi connectivity index (χ0v) is 13.2. The summed E-state index contributed by atoms with van der Waals surface area (Å²) >= 11 is 7.52. The molecule has 5 heteroatoms. The molecule has 0 bridgehead atoms. The summed E-state index contributed by atoms with van der Waals surface area (Å²) in [5, 5.41) is 11.2. The summed E-state index contributed by atoms with van der Waals surface area (Å²) in [6.07, 6.45) is 2.72. The van der Waals surface area contributed by atoms with Gasteiger partial charge in [0.25, 0.3) is 0 Å². The van der Waals surface area contributed by atoms with Crippen LogP contribution in [0.15, 0.2) is 29.5 Å². The van der Waals surface area contributed by atoms with Gasteiger partial charge in [-0.25, -0.2) is 0 Å². The molecule has 3 nitrogen and oxygen atoms in total.